The molecular weight excluding hydrogens is 347 g/mol. The second-order valence-corrected chi connectivity index (χ2v) is 7.44. The van der Waals surface area contributed by atoms with Crippen LogP contribution in [0.4, 0.5) is 9.52 Å². The van der Waals surface area contributed by atoms with E-state index >= 15 is 0 Å². The highest BCUT2D eigenvalue weighted by Crippen LogP contribution is 2.29. The van der Waals surface area contributed by atoms with Crippen LogP contribution in [-0.2, 0) is 17.6 Å². The second kappa shape index (κ2) is 7.14. The van der Waals surface area contributed by atoms with Gasteiger partial charge in [0.1, 0.15) is 10.8 Å². The molecule has 3 aromatic rings. The van der Waals surface area contributed by atoms with Crippen molar-refractivity contribution in [1.29, 1.82) is 0 Å². The number of hydrogen-bond donors (Lipinski definition) is 1. The van der Waals surface area contributed by atoms with Gasteiger partial charge in [-0.2, -0.15) is 0 Å². The highest BCUT2D eigenvalue weighted by atomic mass is 32.1. The summed E-state index contributed by atoms with van der Waals surface area (Å²) in [6.45, 7) is 3.87. The minimum absolute atomic E-state index is 0.166. The number of aryl methyl sites for hydroxylation is 2. The maximum atomic E-state index is 13.1. The lowest BCUT2D eigenvalue weighted by atomic mass is 10.1. The number of nitrogens with zero attached hydrogens (tertiary/aromatic N) is 3. The van der Waals surface area contributed by atoms with E-state index in [4.69, 9.17) is 0 Å². The molecule has 1 aromatic carbocycles. The van der Waals surface area contributed by atoms with Gasteiger partial charge in [0.15, 0.2) is 0 Å². The number of benzene rings is 1. The Morgan fingerprint density at radius 2 is 1.96 bits per heavy atom. The van der Waals surface area contributed by atoms with E-state index in [9.17, 15) is 9.18 Å². The van der Waals surface area contributed by atoms with Crippen LogP contribution < -0.4 is 5.32 Å². The van der Waals surface area contributed by atoms with Crippen LogP contribution in [-0.4, -0.2) is 21.1 Å². The van der Waals surface area contributed by atoms with E-state index in [0.717, 1.165) is 32.6 Å². The first-order chi connectivity index (χ1) is 11.5. The molecule has 5 nitrogen and oxygen atoms in total. The molecule has 2 aromatic heterocycles. The summed E-state index contributed by atoms with van der Waals surface area (Å²) in [5.74, 6) is -0.464. The van der Waals surface area contributed by atoms with Crippen LogP contribution in [0, 0.1) is 12.7 Å². The largest absolute Gasteiger partial charge is 0.300 e. The summed E-state index contributed by atoms with van der Waals surface area (Å²) in [6.07, 6.45) is 0.982. The first-order valence-corrected chi connectivity index (χ1v) is 9.03. The van der Waals surface area contributed by atoms with E-state index in [1.165, 1.54) is 34.8 Å². The fraction of sp³-hybridized carbons (Fsp3) is 0.250. The minimum atomic E-state index is -0.298. The van der Waals surface area contributed by atoms with E-state index in [1.807, 2.05) is 13.8 Å². The average Bonchev–Trinajstić information content (AvgIpc) is 3.14. The van der Waals surface area contributed by atoms with Crippen LogP contribution in [0.5, 0.6) is 0 Å². The molecular formula is C16H15FN4OS2. The predicted molar refractivity (Wildman–Crippen MR) is 93.9 cm³/mol. The van der Waals surface area contributed by atoms with Gasteiger partial charge >= 0.3 is 0 Å². The van der Waals surface area contributed by atoms with E-state index in [-0.39, 0.29) is 18.1 Å². The van der Waals surface area contributed by atoms with Gasteiger partial charge in [0, 0.05) is 10.4 Å². The molecule has 124 valence electrons. The van der Waals surface area contributed by atoms with Gasteiger partial charge < -0.3 is 5.32 Å². The number of carbonyl (C=O) groups is 1. The van der Waals surface area contributed by atoms with Crippen molar-refractivity contribution >= 4 is 33.7 Å². The Morgan fingerprint density at radius 1 is 1.21 bits per heavy atom. The Morgan fingerprint density at radius 3 is 2.62 bits per heavy atom. The van der Waals surface area contributed by atoms with Gasteiger partial charge in [0.25, 0.3) is 0 Å². The third-order valence-corrected chi connectivity index (χ3v) is 5.21. The molecule has 8 heteroatoms. The summed E-state index contributed by atoms with van der Waals surface area (Å²) in [7, 11) is 0. The molecule has 0 aliphatic rings. The summed E-state index contributed by atoms with van der Waals surface area (Å²) in [6, 6.07) is 6.12. The van der Waals surface area contributed by atoms with Crippen molar-refractivity contribution in [2.75, 3.05) is 5.32 Å². The van der Waals surface area contributed by atoms with Gasteiger partial charge in [-0.1, -0.05) is 18.3 Å². The molecule has 0 atom stereocenters. The number of anilines is 1. The summed E-state index contributed by atoms with van der Waals surface area (Å²) in [4.78, 5) is 17.6. The number of amides is 1. The van der Waals surface area contributed by atoms with Crippen molar-refractivity contribution in [3.8, 4) is 11.3 Å². The maximum absolute atomic E-state index is 13.1. The van der Waals surface area contributed by atoms with Crippen molar-refractivity contribution in [2.45, 2.75) is 26.7 Å². The van der Waals surface area contributed by atoms with Crippen LogP contribution in [0.15, 0.2) is 24.3 Å². The molecule has 2 heterocycles. The number of halogens is 1. The Balaban J connectivity index is 1.77. The Bertz CT molecular complexity index is 857. The molecule has 0 radical (unpaired) electrons. The quantitative estimate of drug-likeness (QED) is 0.748. The van der Waals surface area contributed by atoms with Gasteiger partial charge in [-0.15, -0.1) is 21.5 Å². The molecule has 3 rings (SSSR count). The van der Waals surface area contributed by atoms with E-state index < -0.39 is 0 Å². The third kappa shape index (κ3) is 3.82. The summed E-state index contributed by atoms with van der Waals surface area (Å²) in [5, 5.41) is 12.9. The van der Waals surface area contributed by atoms with Gasteiger partial charge in [-0.25, -0.2) is 9.37 Å². The SMILES string of the molecule is CCc1nnc(NC(=O)Cc2sc(C)nc2-c2ccc(F)cc2)s1. The van der Waals surface area contributed by atoms with Crippen molar-refractivity contribution in [3.63, 3.8) is 0 Å². The lowest BCUT2D eigenvalue weighted by Crippen LogP contribution is -2.14. The molecule has 0 saturated heterocycles. The van der Waals surface area contributed by atoms with Crippen LogP contribution in [0.3, 0.4) is 0 Å². The standard InChI is InChI=1S/C16H15FN4OS2/c1-3-14-20-21-16(24-14)19-13(22)8-12-15(18-9(2)23-12)10-4-6-11(17)7-5-10/h4-7H,3,8H2,1-2H3,(H,19,21,22). The van der Waals surface area contributed by atoms with E-state index in [1.54, 1.807) is 12.1 Å². The molecule has 0 bridgehead atoms. The second-order valence-electron chi connectivity index (χ2n) is 5.09. The highest BCUT2D eigenvalue weighted by Gasteiger charge is 2.16. The van der Waals surface area contributed by atoms with Gasteiger partial charge in [0.05, 0.1) is 17.1 Å². The topological polar surface area (TPSA) is 67.8 Å². The van der Waals surface area contributed by atoms with Crippen LogP contribution in [0.1, 0.15) is 21.8 Å². The molecule has 1 N–H and O–H groups in total. The molecule has 0 aliphatic carbocycles. The van der Waals surface area contributed by atoms with Crippen LogP contribution in [0.2, 0.25) is 0 Å². The van der Waals surface area contributed by atoms with E-state index in [2.05, 4.69) is 20.5 Å². The fourth-order valence-electron chi connectivity index (χ4n) is 2.18. The van der Waals surface area contributed by atoms with Crippen LogP contribution >= 0.6 is 22.7 Å². The summed E-state index contributed by atoms with van der Waals surface area (Å²) >= 11 is 2.83. The zero-order chi connectivity index (χ0) is 17.1. The molecule has 0 spiro atoms. The summed E-state index contributed by atoms with van der Waals surface area (Å²) < 4.78 is 13.1. The van der Waals surface area contributed by atoms with Crippen LogP contribution in [0.25, 0.3) is 11.3 Å². The molecule has 1 amide bonds. The number of thiazole rings is 1. The Labute approximate surface area is 146 Å². The molecule has 0 unspecified atom stereocenters. The van der Waals surface area contributed by atoms with Gasteiger partial charge in [0.2, 0.25) is 11.0 Å². The lowest BCUT2D eigenvalue weighted by molar-refractivity contribution is -0.115. The van der Waals surface area contributed by atoms with Crippen molar-refractivity contribution < 1.29 is 9.18 Å². The monoisotopic (exact) mass is 362 g/mol. The summed E-state index contributed by atoms with van der Waals surface area (Å²) in [5.41, 5.74) is 1.52. The van der Waals surface area contributed by atoms with E-state index in [0.29, 0.717) is 5.13 Å². The number of hydrogen-bond acceptors (Lipinski definition) is 6. The number of aromatic nitrogens is 3. The zero-order valence-electron chi connectivity index (χ0n) is 13.2. The zero-order valence-corrected chi connectivity index (χ0v) is 14.8. The molecule has 24 heavy (non-hydrogen) atoms. The average molecular weight is 362 g/mol. The Kier molecular flexibility index (Phi) is 4.96. The minimum Gasteiger partial charge on any atom is -0.300 e. The van der Waals surface area contributed by atoms with Crippen molar-refractivity contribution in [2.24, 2.45) is 0 Å². The fourth-order valence-corrected chi connectivity index (χ4v) is 3.83. The first kappa shape index (κ1) is 16.7. The predicted octanol–water partition coefficient (Wildman–Crippen LogP) is 3.85. The van der Waals surface area contributed by atoms with Crippen molar-refractivity contribution in [1.82, 2.24) is 15.2 Å². The van der Waals surface area contributed by atoms with Crippen molar-refractivity contribution in [3.05, 3.63) is 45.0 Å². The van der Waals surface area contributed by atoms with Gasteiger partial charge in [-0.05, 0) is 37.6 Å². The number of nitrogens with one attached hydrogen (secondary N) is 1. The molecule has 0 aliphatic heterocycles. The maximum Gasteiger partial charge on any atom is 0.231 e. The molecule has 0 fully saturated rings. The lowest BCUT2D eigenvalue weighted by Gasteiger charge is -2.03. The first-order valence-electron chi connectivity index (χ1n) is 7.39. The Hall–Kier alpha value is -2.19. The molecule has 0 saturated carbocycles. The number of carbonyl (C=O) groups excluding carboxylic acids is 1. The van der Waals surface area contributed by atoms with Gasteiger partial charge in [-0.3, -0.25) is 4.79 Å². The number of rotatable bonds is 5. The smallest absolute Gasteiger partial charge is 0.231 e. The normalized spacial score (nSPS) is 10.8. The highest BCUT2D eigenvalue weighted by molar-refractivity contribution is 7.15. The third-order valence-electron chi connectivity index (χ3n) is 3.26.